The molecule has 8 heteroatoms. The molecule has 1 aromatic rings. The number of esters is 1. The van der Waals surface area contributed by atoms with Gasteiger partial charge in [-0.1, -0.05) is 49.6 Å². The normalized spacial score (nSPS) is 16.6. The van der Waals surface area contributed by atoms with Gasteiger partial charge in [0.15, 0.2) is 6.10 Å². The van der Waals surface area contributed by atoms with E-state index in [4.69, 9.17) is 4.74 Å². The second-order valence-electron chi connectivity index (χ2n) is 6.96. The standard InChI is InChI=1S/C20H28N2O5S/c1-16(20(24)21-14-18-10-6-3-7-11-18)27-19(23)15-22-28(25,26)13-12-17-8-4-2-5-9-17/h2,4-5,8-9,12-13,16,18,22H,3,6-7,10-11,14-15H2,1H3,(H,21,24)/b13-12+/t16-/m1/s1. The highest BCUT2D eigenvalue weighted by atomic mass is 32.2. The van der Waals surface area contributed by atoms with Gasteiger partial charge in [-0.15, -0.1) is 0 Å². The molecule has 7 nitrogen and oxygen atoms in total. The molecule has 1 saturated carbocycles. The average Bonchev–Trinajstić information content (AvgIpc) is 2.70. The van der Waals surface area contributed by atoms with Crippen LogP contribution < -0.4 is 10.0 Å². The summed E-state index contributed by atoms with van der Waals surface area (Å²) in [7, 11) is -3.79. The SMILES string of the molecule is C[C@@H](OC(=O)CNS(=O)(=O)/C=C/c1ccccc1)C(=O)NCC1CCCCC1. The summed E-state index contributed by atoms with van der Waals surface area (Å²) in [6.07, 6.45) is 6.28. The number of rotatable bonds is 9. The Morgan fingerprint density at radius 1 is 1.18 bits per heavy atom. The van der Waals surface area contributed by atoms with Crippen molar-refractivity contribution in [1.29, 1.82) is 0 Å². The quantitative estimate of drug-likeness (QED) is 0.610. The molecule has 0 bridgehead atoms. The summed E-state index contributed by atoms with van der Waals surface area (Å²) in [5, 5.41) is 3.78. The highest BCUT2D eigenvalue weighted by molar-refractivity contribution is 7.92. The highest BCUT2D eigenvalue weighted by Crippen LogP contribution is 2.22. The lowest BCUT2D eigenvalue weighted by molar-refractivity contribution is -0.153. The molecular formula is C20H28N2O5S. The zero-order chi connectivity index (χ0) is 20.4. The highest BCUT2D eigenvalue weighted by Gasteiger charge is 2.20. The van der Waals surface area contributed by atoms with Gasteiger partial charge in [0.2, 0.25) is 10.0 Å². The molecule has 154 valence electrons. The first-order chi connectivity index (χ1) is 13.4. The van der Waals surface area contributed by atoms with Crippen molar-refractivity contribution in [3.05, 3.63) is 41.3 Å². The summed E-state index contributed by atoms with van der Waals surface area (Å²) in [5.41, 5.74) is 0.721. The van der Waals surface area contributed by atoms with Crippen molar-refractivity contribution in [2.24, 2.45) is 5.92 Å². The molecule has 2 rings (SSSR count). The van der Waals surface area contributed by atoms with Crippen LogP contribution in [0.1, 0.15) is 44.6 Å². The second-order valence-corrected chi connectivity index (χ2v) is 8.61. The number of hydrogen-bond donors (Lipinski definition) is 2. The van der Waals surface area contributed by atoms with Crippen LogP contribution in [0.25, 0.3) is 6.08 Å². The summed E-state index contributed by atoms with van der Waals surface area (Å²) in [6, 6.07) is 8.92. The van der Waals surface area contributed by atoms with Gasteiger partial charge in [0, 0.05) is 12.0 Å². The zero-order valence-corrected chi connectivity index (χ0v) is 16.9. The van der Waals surface area contributed by atoms with E-state index in [9.17, 15) is 18.0 Å². The lowest BCUT2D eigenvalue weighted by Gasteiger charge is -2.22. The van der Waals surface area contributed by atoms with Crippen molar-refractivity contribution >= 4 is 28.0 Å². The van der Waals surface area contributed by atoms with Crippen LogP contribution in [0.2, 0.25) is 0 Å². The van der Waals surface area contributed by atoms with Gasteiger partial charge in [-0.25, -0.2) is 13.1 Å². The third-order valence-corrected chi connectivity index (χ3v) is 5.67. The van der Waals surface area contributed by atoms with Crippen molar-refractivity contribution in [3.8, 4) is 0 Å². The maximum atomic E-state index is 12.0. The fourth-order valence-corrected chi connectivity index (χ4v) is 3.76. The number of nitrogens with one attached hydrogen (secondary N) is 2. The Morgan fingerprint density at radius 2 is 1.86 bits per heavy atom. The molecule has 0 heterocycles. The van der Waals surface area contributed by atoms with E-state index in [1.807, 2.05) is 6.07 Å². The predicted molar refractivity (Wildman–Crippen MR) is 108 cm³/mol. The summed E-state index contributed by atoms with van der Waals surface area (Å²) in [5.74, 6) is -0.702. The van der Waals surface area contributed by atoms with Crippen LogP contribution >= 0.6 is 0 Å². The number of carbonyl (C=O) groups excluding carboxylic acids is 2. The molecule has 0 aromatic heterocycles. The number of amides is 1. The van der Waals surface area contributed by atoms with Crippen LogP contribution in [-0.4, -0.2) is 39.5 Å². The lowest BCUT2D eigenvalue weighted by Crippen LogP contribution is -2.40. The van der Waals surface area contributed by atoms with E-state index in [1.54, 1.807) is 24.3 Å². The third kappa shape index (κ3) is 8.22. The van der Waals surface area contributed by atoms with Crippen molar-refractivity contribution in [1.82, 2.24) is 10.0 Å². The van der Waals surface area contributed by atoms with E-state index < -0.39 is 28.6 Å². The number of benzene rings is 1. The van der Waals surface area contributed by atoms with Crippen LogP contribution in [0.3, 0.4) is 0 Å². The smallest absolute Gasteiger partial charge is 0.321 e. The minimum absolute atomic E-state index is 0.370. The molecule has 1 amide bonds. The molecule has 0 spiro atoms. The van der Waals surface area contributed by atoms with E-state index in [0.717, 1.165) is 23.8 Å². The first-order valence-corrected chi connectivity index (χ1v) is 11.1. The van der Waals surface area contributed by atoms with E-state index in [-0.39, 0.29) is 5.91 Å². The summed E-state index contributed by atoms with van der Waals surface area (Å²) in [4.78, 5) is 23.9. The molecule has 28 heavy (non-hydrogen) atoms. The summed E-state index contributed by atoms with van der Waals surface area (Å²) < 4.78 is 31.0. The Bertz CT molecular complexity index is 771. The van der Waals surface area contributed by atoms with Gasteiger partial charge < -0.3 is 10.1 Å². The second kappa shape index (κ2) is 11.0. The lowest BCUT2D eigenvalue weighted by atomic mass is 9.89. The predicted octanol–water partition coefficient (Wildman–Crippen LogP) is 2.20. The van der Waals surface area contributed by atoms with Crippen molar-refractivity contribution in [3.63, 3.8) is 0 Å². The van der Waals surface area contributed by atoms with Crippen molar-refractivity contribution < 1.29 is 22.7 Å². The van der Waals surface area contributed by atoms with E-state index in [1.165, 1.54) is 32.3 Å². The Morgan fingerprint density at radius 3 is 2.54 bits per heavy atom. The van der Waals surface area contributed by atoms with Crippen molar-refractivity contribution in [2.75, 3.05) is 13.1 Å². The topological polar surface area (TPSA) is 102 Å². The largest absolute Gasteiger partial charge is 0.452 e. The zero-order valence-electron chi connectivity index (χ0n) is 16.1. The van der Waals surface area contributed by atoms with Crippen LogP contribution in [0.4, 0.5) is 0 Å². The molecule has 2 N–H and O–H groups in total. The van der Waals surface area contributed by atoms with Crippen LogP contribution in [-0.2, 0) is 24.3 Å². The van der Waals surface area contributed by atoms with Crippen LogP contribution in [0, 0.1) is 5.92 Å². The number of hydrogen-bond acceptors (Lipinski definition) is 5. The minimum atomic E-state index is -3.79. The van der Waals surface area contributed by atoms with Gasteiger partial charge in [0.25, 0.3) is 5.91 Å². The van der Waals surface area contributed by atoms with Gasteiger partial charge in [0.1, 0.15) is 6.54 Å². The number of ether oxygens (including phenoxy) is 1. The first kappa shape index (κ1) is 22.1. The maximum absolute atomic E-state index is 12.0. The molecule has 1 aliphatic carbocycles. The van der Waals surface area contributed by atoms with E-state index in [2.05, 4.69) is 10.0 Å². The molecule has 0 saturated heterocycles. The molecular weight excluding hydrogens is 380 g/mol. The Hall–Kier alpha value is -2.19. The Labute approximate surface area is 166 Å². The summed E-state index contributed by atoms with van der Waals surface area (Å²) in [6.45, 7) is 1.51. The Balaban J connectivity index is 1.71. The van der Waals surface area contributed by atoms with Gasteiger partial charge in [-0.05, 0) is 37.3 Å². The molecule has 0 aliphatic heterocycles. The van der Waals surface area contributed by atoms with E-state index in [0.29, 0.717) is 12.5 Å². The first-order valence-electron chi connectivity index (χ1n) is 9.56. The molecule has 0 radical (unpaired) electrons. The molecule has 1 aromatic carbocycles. The minimum Gasteiger partial charge on any atom is -0.452 e. The average molecular weight is 409 g/mol. The molecule has 1 atom stereocenters. The van der Waals surface area contributed by atoms with Gasteiger partial charge in [-0.2, -0.15) is 0 Å². The van der Waals surface area contributed by atoms with Gasteiger partial charge in [0.05, 0.1) is 0 Å². The van der Waals surface area contributed by atoms with Crippen molar-refractivity contribution in [2.45, 2.75) is 45.1 Å². The monoisotopic (exact) mass is 408 g/mol. The fourth-order valence-electron chi connectivity index (χ4n) is 3.01. The van der Waals surface area contributed by atoms with Crippen LogP contribution in [0.15, 0.2) is 35.7 Å². The number of sulfonamides is 1. The fraction of sp³-hybridized carbons (Fsp3) is 0.500. The summed E-state index contributed by atoms with van der Waals surface area (Å²) >= 11 is 0. The maximum Gasteiger partial charge on any atom is 0.321 e. The van der Waals surface area contributed by atoms with E-state index >= 15 is 0 Å². The van der Waals surface area contributed by atoms with Gasteiger partial charge >= 0.3 is 5.97 Å². The molecule has 1 fully saturated rings. The van der Waals surface area contributed by atoms with Crippen LogP contribution in [0.5, 0.6) is 0 Å². The third-order valence-electron chi connectivity index (χ3n) is 4.62. The Kier molecular flexibility index (Phi) is 8.66. The molecule has 1 aliphatic rings. The molecule has 0 unspecified atom stereocenters. The van der Waals surface area contributed by atoms with Gasteiger partial charge in [-0.3, -0.25) is 9.59 Å². The number of carbonyl (C=O) groups is 2.